The molecule has 4 heteroatoms. The molecule has 16 heavy (non-hydrogen) atoms. The largest absolute Gasteiger partial charge is 0.347 e. The Balaban J connectivity index is 2.04. The smallest absolute Gasteiger partial charge is 0.170 e. The fraction of sp³-hybridized carbons (Fsp3) is 0.500. The van der Waals surface area contributed by atoms with E-state index in [4.69, 9.17) is 26.8 Å². The molecule has 2 rings (SSSR count). The van der Waals surface area contributed by atoms with Crippen LogP contribution in [0.15, 0.2) is 24.3 Å². The first-order valence-corrected chi connectivity index (χ1v) is 5.75. The zero-order valence-electron chi connectivity index (χ0n) is 9.28. The molecule has 0 aromatic heterocycles. The fourth-order valence-electron chi connectivity index (χ4n) is 1.92. The van der Waals surface area contributed by atoms with E-state index in [0.717, 1.165) is 10.6 Å². The Kier molecular flexibility index (Phi) is 3.50. The molecule has 1 aromatic carbocycles. The molecule has 1 fully saturated rings. The van der Waals surface area contributed by atoms with Gasteiger partial charge in [0.1, 0.15) is 0 Å². The lowest BCUT2D eigenvalue weighted by Crippen LogP contribution is -2.31. The van der Waals surface area contributed by atoms with Gasteiger partial charge in [0, 0.05) is 18.0 Å². The standard InChI is InChI=1S/C12H16ClNO2/c1-12(15-8-11(7-14)16-12)6-9-3-2-4-10(13)5-9/h2-5,11H,6-8,14H2,1H3. The average Bonchev–Trinajstić information content (AvgIpc) is 2.60. The molecule has 1 aliphatic heterocycles. The summed E-state index contributed by atoms with van der Waals surface area (Å²) >= 11 is 5.93. The lowest BCUT2D eigenvalue weighted by molar-refractivity contribution is -0.151. The predicted molar refractivity (Wildman–Crippen MR) is 63.4 cm³/mol. The van der Waals surface area contributed by atoms with Gasteiger partial charge in [-0.25, -0.2) is 0 Å². The van der Waals surface area contributed by atoms with Crippen molar-refractivity contribution in [2.75, 3.05) is 13.2 Å². The zero-order valence-corrected chi connectivity index (χ0v) is 10.0. The summed E-state index contributed by atoms with van der Waals surface area (Å²) in [6, 6.07) is 7.72. The van der Waals surface area contributed by atoms with Crippen molar-refractivity contribution in [1.82, 2.24) is 0 Å². The Hall–Kier alpha value is -0.610. The average molecular weight is 242 g/mol. The van der Waals surface area contributed by atoms with Gasteiger partial charge in [0.15, 0.2) is 5.79 Å². The van der Waals surface area contributed by atoms with Gasteiger partial charge in [0.2, 0.25) is 0 Å². The highest BCUT2D eigenvalue weighted by Crippen LogP contribution is 2.27. The van der Waals surface area contributed by atoms with Crippen molar-refractivity contribution < 1.29 is 9.47 Å². The van der Waals surface area contributed by atoms with Gasteiger partial charge >= 0.3 is 0 Å². The van der Waals surface area contributed by atoms with Gasteiger partial charge in [0.05, 0.1) is 12.7 Å². The monoisotopic (exact) mass is 241 g/mol. The molecule has 0 amide bonds. The third kappa shape index (κ3) is 2.74. The van der Waals surface area contributed by atoms with E-state index in [9.17, 15) is 0 Å². The lowest BCUT2D eigenvalue weighted by atomic mass is 10.1. The van der Waals surface area contributed by atoms with Gasteiger partial charge < -0.3 is 15.2 Å². The Morgan fingerprint density at radius 1 is 1.56 bits per heavy atom. The number of hydrogen-bond donors (Lipinski definition) is 1. The summed E-state index contributed by atoms with van der Waals surface area (Å²) in [7, 11) is 0. The van der Waals surface area contributed by atoms with Gasteiger partial charge in [-0.15, -0.1) is 0 Å². The Morgan fingerprint density at radius 2 is 2.38 bits per heavy atom. The van der Waals surface area contributed by atoms with Gasteiger partial charge in [-0.2, -0.15) is 0 Å². The lowest BCUT2D eigenvalue weighted by Gasteiger charge is -2.23. The van der Waals surface area contributed by atoms with E-state index in [2.05, 4.69) is 0 Å². The summed E-state index contributed by atoms with van der Waals surface area (Å²) in [5, 5.41) is 0.731. The summed E-state index contributed by atoms with van der Waals surface area (Å²) in [6.45, 7) is 2.99. The minimum atomic E-state index is -0.575. The van der Waals surface area contributed by atoms with E-state index in [1.807, 2.05) is 31.2 Å². The van der Waals surface area contributed by atoms with Crippen molar-refractivity contribution in [1.29, 1.82) is 0 Å². The SMILES string of the molecule is CC1(Cc2cccc(Cl)c2)OCC(CN)O1. The molecule has 1 heterocycles. The molecule has 2 unspecified atom stereocenters. The van der Waals surface area contributed by atoms with Crippen LogP contribution in [0.25, 0.3) is 0 Å². The van der Waals surface area contributed by atoms with Gasteiger partial charge in [-0.1, -0.05) is 23.7 Å². The molecule has 0 aliphatic carbocycles. The molecular weight excluding hydrogens is 226 g/mol. The minimum absolute atomic E-state index is 0.00387. The summed E-state index contributed by atoms with van der Waals surface area (Å²) < 4.78 is 11.4. The van der Waals surface area contributed by atoms with Crippen LogP contribution in [0.4, 0.5) is 0 Å². The molecule has 3 nitrogen and oxygen atoms in total. The number of nitrogens with two attached hydrogens (primary N) is 1. The molecule has 88 valence electrons. The molecule has 2 atom stereocenters. The van der Waals surface area contributed by atoms with Gasteiger partial charge in [-0.05, 0) is 24.6 Å². The third-order valence-corrected chi connectivity index (χ3v) is 2.90. The van der Waals surface area contributed by atoms with Crippen LogP contribution in [0.2, 0.25) is 5.02 Å². The second-order valence-corrected chi connectivity index (χ2v) is 4.66. The maximum absolute atomic E-state index is 5.93. The van der Waals surface area contributed by atoms with Gasteiger partial charge in [-0.3, -0.25) is 0 Å². The summed E-state index contributed by atoms with van der Waals surface area (Å²) in [4.78, 5) is 0. The Morgan fingerprint density at radius 3 is 3.00 bits per heavy atom. The van der Waals surface area contributed by atoms with E-state index in [1.165, 1.54) is 0 Å². The van der Waals surface area contributed by atoms with E-state index < -0.39 is 5.79 Å². The van der Waals surface area contributed by atoms with Crippen LogP contribution < -0.4 is 5.73 Å². The second-order valence-electron chi connectivity index (χ2n) is 4.23. The van der Waals surface area contributed by atoms with Crippen LogP contribution >= 0.6 is 11.6 Å². The predicted octanol–water partition coefficient (Wildman–Crippen LogP) is 1.97. The normalized spacial score (nSPS) is 29.6. The maximum atomic E-state index is 5.93. The van der Waals surface area contributed by atoms with Crippen LogP contribution in [0, 0.1) is 0 Å². The zero-order chi connectivity index (χ0) is 11.6. The molecule has 0 bridgehead atoms. The Labute approximate surface area is 100 Å². The highest BCUT2D eigenvalue weighted by molar-refractivity contribution is 6.30. The fourth-order valence-corrected chi connectivity index (χ4v) is 2.13. The minimum Gasteiger partial charge on any atom is -0.347 e. The highest BCUT2D eigenvalue weighted by Gasteiger charge is 2.36. The van der Waals surface area contributed by atoms with E-state index in [-0.39, 0.29) is 6.10 Å². The van der Waals surface area contributed by atoms with E-state index in [0.29, 0.717) is 19.6 Å². The third-order valence-electron chi connectivity index (χ3n) is 2.67. The van der Waals surface area contributed by atoms with Crippen molar-refractivity contribution in [3.05, 3.63) is 34.9 Å². The number of ether oxygens (including phenoxy) is 2. The van der Waals surface area contributed by atoms with Crippen LogP contribution in [0.1, 0.15) is 12.5 Å². The summed E-state index contributed by atoms with van der Waals surface area (Å²) in [6.07, 6.45) is 0.688. The molecule has 1 saturated heterocycles. The van der Waals surface area contributed by atoms with Crippen molar-refractivity contribution >= 4 is 11.6 Å². The number of rotatable bonds is 3. The van der Waals surface area contributed by atoms with Crippen LogP contribution in [-0.4, -0.2) is 25.0 Å². The first-order valence-electron chi connectivity index (χ1n) is 5.37. The summed E-state index contributed by atoms with van der Waals surface area (Å²) in [5.41, 5.74) is 6.65. The molecule has 1 aliphatic rings. The molecule has 0 radical (unpaired) electrons. The Bertz CT molecular complexity index is 372. The van der Waals surface area contributed by atoms with Crippen molar-refractivity contribution in [2.45, 2.75) is 25.2 Å². The molecule has 2 N–H and O–H groups in total. The number of halogens is 1. The topological polar surface area (TPSA) is 44.5 Å². The van der Waals surface area contributed by atoms with Gasteiger partial charge in [0.25, 0.3) is 0 Å². The van der Waals surface area contributed by atoms with Crippen molar-refractivity contribution in [3.63, 3.8) is 0 Å². The van der Waals surface area contributed by atoms with Crippen LogP contribution in [0.3, 0.4) is 0 Å². The second kappa shape index (κ2) is 4.72. The van der Waals surface area contributed by atoms with E-state index in [1.54, 1.807) is 0 Å². The van der Waals surface area contributed by atoms with Crippen molar-refractivity contribution in [2.24, 2.45) is 5.73 Å². The highest BCUT2D eigenvalue weighted by atomic mass is 35.5. The van der Waals surface area contributed by atoms with E-state index >= 15 is 0 Å². The molecule has 1 aromatic rings. The summed E-state index contributed by atoms with van der Waals surface area (Å²) in [5.74, 6) is -0.575. The molecular formula is C12H16ClNO2. The maximum Gasteiger partial charge on any atom is 0.170 e. The van der Waals surface area contributed by atoms with Crippen molar-refractivity contribution in [3.8, 4) is 0 Å². The van der Waals surface area contributed by atoms with Crippen LogP contribution in [0.5, 0.6) is 0 Å². The number of benzene rings is 1. The molecule has 0 spiro atoms. The first kappa shape index (κ1) is 11.9. The van der Waals surface area contributed by atoms with Crippen LogP contribution in [-0.2, 0) is 15.9 Å². The number of hydrogen-bond acceptors (Lipinski definition) is 3. The molecule has 0 saturated carbocycles. The quantitative estimate of drug-likeness (QED) is 0.880. The first-order chi connectivity index (χ1) is 7.61.